The molecule has 1 saturated heterocycles. The first-order chi connectivity index (χ1) is 9.29. The van der Waals surface area contributed by atoms with Crippen LogP contribution in [0.1, 0.15) is 0 Å². The van der Waals surface area contributed by atoms with E-state index >= 15 is 0 Å². The Labute approximate surface area is 118 Å². The van der Waals surface area contributed by atoms with Crippen LogP contribution in [0.4, 0.5) is 0 Å². The number of thioether (sulfide) groups is 1. The molecule has 0 saturated carbocycles. The second-order valence-electron chi connectivity index (χ2n) is 4.49. The predicted octanol–water partition coefficient (Wildman–Crippen LogP) is 1.37. The van der Waals surface area contributed by atoms with Crippen LogP contribution in [-0.4, -0.2) is 53.4 Å². The molecule has 1 fully saturated rings. The lowest BCUT2D eigenvalue weighted by Gasteiger charge is -2.32. The van der Waals surface area contributed by atoms with Crippen LogP contribution in [0.5, 0.6) is 5.75 Å². The molecule has 0 bridgehead atoms. The maximum atomic E-state index is 9.99. The number of para-hydroxylation sites is 1. The molecule has 102 valence electrons. The van der Waals surface area contributed by atoms with Gasteiger partial charge in [0.2, 0.25) is 0 Å². The van der Waals surface area contributed by atoms with Crippen LogP contribution in [0.3, 0.4) is 0 Å². The summed E-state index contributed by atoms with van der Waals surface area (Å²) in [7, 11) is 0. The van der Waals surface area contributed by atoms with E-state index in [2.05, 4.69) is 6.07 Å². The summed E-state index contributed by atoms with van der Waals surface area (Å²) in [5.74, 6) is 2.60. The Bertz CT molecular complexity index is 421. The third-order valence-electron chi connectivity index (χ3n) is 3.02. The minimum absolute atomic E-state index is 0.0925. The first kappa shape index (κ1) is 14.2. The standard InChI is InChI=1S/C14H18N2O2S/c15-8-12-11-19-7-6-16(12)9-13(17)10-18-14-4-2-1-3-5-14/h1-5,12-13,17H,6-7,9-11H2/t12-,13-/m0/s1. The average Bonchev–Trinajstić information content (AvgIpc) is 2.47. The number of nitrogens with zero attached hydrogens (tertiary/aromatic N) is 2. The molecule has 1 aromatic carbocycles. The average molecular weight is 278 g/mol. The van der Waals surface area contributed by atoms with Gasteiger partial charge in [0.05, 0.1) is 6.07 Å². The van der Waals surface area contributed by atoms with Crippen LogP contribution >= 0.6 is 11.8 Å². The quantitative estimate of drug-likeness (QED) is 0.881. The summed E-state index contributed by atoms with van der Waals surface area (Å²) in [6.07, 6.45) is -0.570. The smallest absolute Gasteiger partial charge is 0.119 e. The zero-order chi connectivity index (χ0) is 13.5. The van der Waals surface area contributed by atoms with Crippen molar-refractivity contribution in [3.8, 4) is 11.8 Å². The van der Waals surface area contributed by atoms with Gasteiger partial charge in [-0.25, -0.2) is 0 Å². The Morgan fingerprint density at radius 3 is 3.00 bits per heavy atom. The van der Waals surface area contributed by atoms with Crippen molar-refractivity contribution in [2.24, 2.45) is 0 Å². The molecule has 19 heavy (non-hydrogen) atoms. The lowest BCUT2D eigenvalue weighted by molar-refractivity contribution is 0.0642. The third kappa shape index (κ3) is 4.43. The van der Waals surface area contributed by atoms with Crippen molar-refractivity contribution in [3.63, 3.8) is 0 Å². The summed E-state index contributed by atoms with van der Waals surface area (Å²) in [5, 5.41) is 19.1. The zero-order valence-electron chi connectivity index (χ0n) is 10.7. The van der Waals surface area contributed by atoms with E-state index in [9.17, 15) is 5.11 Å². The van der Waals surface area contributed by atoms with E-state index in [1.807, 2.05) is 35.2 Å². The lowest BCUT2D eigenvalue weighted by Crippen LogP contribution is -2.46. The first-order valence-corrected chi connectivity index (χ1v) is 7.52. The number of hydrogen-bond donors (Lipinski definition) is 1. The summed E-state index contributed by atoms with van der Waals surface area (Å²) in [6.45, 7) is 1.60. The Balaban J connectivity index is 1.77. The molecule has 1 heterocycles. The molecule has 0 aromatic heterocycles. The fourth-order valence-electron chi connectivity index (χ4n) is 2.01. The monoisotopic (exact) mass is 278 g/mol. The Morgan fingerprint density at radius 1 is 1.47 bits per heavy atom. The van der Waals surface area contributed by atoms with Crippen LogP contribution in [-0.2, 0) is 0 Å². The molecule has 0 radical (unpaired) electrons. The minimum atomic E-state index is -0.570. The lowest BCUT2D eigenvalue weighted by atomic mass is 10.2. The van der Waals surface area contributed by atoms with E-state index in [1.165, 1.54) is 0 Å². The van der Waals surface area contributed by atoms with Gasteiger partial charge in [-0.3, -0.25) is 4.90 Å². The normalized spacial score (nSPS) is 21.6. The largest absolute Gasteiger partial charge is 0.491 e. The number of rotatable bonds is 5. The van der Waals surface area contributed by atoms with Crippen molar-refractivity contribution in [2.75, 3.05) is 31.2 Å². The number of β-amino-alcohol motifs (C(OH)–C–C–N with tert-alkyl or cyclic N) is 1. The Hall–Kier alpha value is -1.22. The number of hydrogen-bond acceptors (Lipinski definition) is 5. The number of benzene rings is 1. The van der Waals surface area contributed by atoms with Crippen LogP contribution < -0.4 is 4.74 Å². The van der Waals surface area contributed by atoms with Gasteiger partial charge in [-0.2, -0.15) is 17.0 Å². The molecule has 1 aliphatic rings. The molecule has 2 rings (SSSR count). The summed E-state index contributed by atoms with van der Waals surface area (Å²) >= 11 is 1.79. The van der Waals surface area contributed by atoms with Gasteiger partial charge in [0.25, 0.3) is 0 Å². The summed E-state index contributed by atoms with van der Waals surface area (Å²) in [5.41, 5.74) is 0. The molecular formula is C14H18N2O2S. The summed E-state index contributed by atoms with van der Waals surface area (Å²) < 4.78 is 5.51. The van der Waals surface area contributed by atoms with Crippen LogP contribution in [0.2, 0.25) is 0 Å². The maximum absolute atomic E-state index is 9.99. The fourth-order valence-corrected chi connectivity index (χ4v) is 3.05. The van der Waals surface area contributed by atoms with Gasteiger partial charge in [-0.1, -0.05) is 18.2 Å². The van der Waals surface area contributed by atoms with Gasteiger partial charge in [-0.15, -0.1) is 0 Å². The molecule has 0 spiro atoms. The Kier molecular flexibility index (Phi) is 5.52. The van der Waals surface area contributed by atoms with Gasteiger partial charge >= 0.3 is 0 Å². The number of ether oxygens (including phenoxy) is 1. The van der Waals surface area contributed by atoms with Crippen molar-refractivity contribution < 1.29 is 9.84 Å². The topological polar surface area (TPSA) is 56.5 Å². The van der Waals surface area contributed by atoms with Gasteiger partial charge in [0.15, 0.2) is 0 Å². The zero-order valence-corrected chi connectivity index (χ0v) is 11.6. The highest BCUT2D eigenvalue weighted by molar-refractivity contribution is 7.99. The molecule has 0 aliphatic carbocycles. The predicted molar refractivity (Wildman–Crippen MR) is 76.2 cm³/mol. The summed E-state index contributed by atoms with van der Waals surface area (Å²) in [4.78, 5) is 2.04. The molecule has 5 heteroatoms. The molecule has 1 N–H and O–H groups in total. The third-order valence-corrected chi connectivity index (χ3v) is 4.04. The molecule has 0 unspecified atom stereocenters. The molecule has 2 atom stereocenters. The highest BCUT2D eigenvalue weighted by Gasteiger charge is 2.24. The van der Waals surface area contributed by atoms with Crippen molar-refractivity contribution >= 4 is 11.8 Å². The highest BCUT2D eigenvalue weighted by Crippen LogP contribution is 2.16. The molecule has 1 aliphatic heterocycles. The number of aliphatic hydroxyl groups is 1. The van der Waals surface area contributed by atoms with E-state index in [0.29, 0.717) is 6.54 Å². The van der Waals surface area contributed by atoms with E-state index in [4.69, 9.17) is 10.00 Å². The molecule has 4 nitrogen and oxygen atoms in total. The van der Waals surface area contributed by atoms with Gasteiger partial charge < -0.3 is 9.84 Å². The number of aliphatic hydroxyl groups excluding tert-OH is 1. The molecular weight excluding hydrogens is 260 g/mol. The van der Waals surface area contributed by atoms with E-state index in [-0.39, 0.29) is 12.6 Å². The van der Waals surface area contributed by atoms with Crippen molar-refractivity contribution in [1.29, 1.82) is 5.26 Å². The number of nitriles is 1. The van der Waals surface area contributed by atoms with Crippen molar-refractivity contribution in [2.45, 2.75) is 12.1 Å². The second kappa shape index (κ2) is 7.39. The van der Waals surface area contributed by atoms with Gasteiger partial charge in [-0.05, 0) is 12.1 Å². The molecule has 1 aromatic rings. The fraction of sp³-hybridized carbons (Fsp3) is 0.500. The van der Waals surface area contributed by atoms with Crippen molar-refractivity contribution in [1.82, 2.24) is 4.90 Å². The molecule has 0 amide bonds. The van der Waals surface area contributed by atoms with Crippen LogP contribution in [0.25, 0.3) is 0 Å². The van der Waals surface area contributed by atoms with Gasteiger partial charge in [0, 0.05) is 24.6 Å². The highest BCUT2D eigenvalue weighted by atomic mass is 32.2. The minimum Gasteiger partial charge on any atom is -0.491 e. The maximum Gasteiger partial charge on any atom is 0.119 e. The van der Waals surface area contributed by atoms with Crippen LogP contribution in [0.15, 0.2) is 30.3 Å². The SMILES string of the molecule is N#C[C@H]1CSCCN1C[C@H](O)COc1ccccc1. The van der Waals surface area contributed by atoms with E-state index < -0.39 is 6.10 Å². The first-order valence-electron chi connectivity index (χ1n) is 6.37. The van der Waals surface area contributed by atoms with E-state index in [0.717, 1.165) is 23.8 Å². The summed E-state index contributed by atoms with van der Waals surface area (Å²) in [6, 6.07) is 11.6. The van der Waals surface area contributed by atoms with Gasteiger partial charge in [0.1, 0.15) is 24.5 Å². The van der Waals surface area contributed by atoms with Crippen molar-refractivity contribution in [3.05, 3.63) is 30.3 Å². The van der Waals surface area contributed by atoms with E-state index in [1.54, 1.807) is 11.8 Å². The van der Waals surface area contributed by atoms with Crippen LogP contribution in [0, 0.1) is 11.3 Å². The second-order valence-corrected chi connectivity index (χ2v) is 5.64. The Morgan fingerprint density at radius 2 is 2.26 bits per heavy atom.